The molecule has 0 amide bonds. The molecule has 1 aliphatic heterocycles. The summed E-state index contributed by atoms with van der Waals surface area (Å²) in [5.74, 6) is 0.625. The highest BCUT2D eigenvalue weighted by molar-refractivity contribution is 5.78. The number of aliphatic imine (C=N–C) groups is 1. The second-order valence-corrected chi connectivity index (χ2v) is 3.61. The van der Waals surface area contributed by atoms with Crippen LogP contribution < -0.4 is 0 Å². The van der Waals surface area contributed by atoms with Crippen molar-refractivity contribution >= 4 is 6.21 Å². The van der Waals surface area contributed by atoms with Crippen LogP contribution in [0.15, 0.2) is 29.9 Å². The van der Waals surface area contributed by atoms with Gasteiger partial charge in [0.2, 0.25) is 0 Å². The Hall–Kier alpha value is -0.890. The van der Waals surface area contributed by atoms with Gasteiger partial charge in [-0.25, -0.2) is 0 Å². The van der Waals surface area contributed by atoms with Crippen LogP contribution in [0.4, 0.5) is 0 Å². The third-order valence-corrected chi connectivity index (χ3v) is 2.59. The third kappa shape index (κ3) is 3.15. The van der Waals surface area contributed by atoms with E-state index in [1.807, 2.05) is 6.21 Å². The van der Waals surface area contributed by atoms with Gasteiger partial charge in [0.05, 0.1) is 0 Å². The van der Waals surface area contributed by atoms with E-state index in [2.05, 4.69) is 30.1 Å². The zero-order valence-electron chi connectivity index (χ0n) is 8.37. The second kappa shape index (κ2) is 4.97. The normalized spacial score (nSPS) is 20.7. The van der Waals surface area contributed by atoms with Crippen molar-refractivity contribution in [2.75, 3.05) is 20.1 Å². The van der Waals surface area contributed by atoms with Crippen molar-refractivity contribution in [3.63, 3.8) is 0 Å². The maximum atomic E-state index is 4.03. The van der Waals surface area contributed by atoms with Gasteiger partial charge in [-0.3, -0.25) is 4.99 Å². The molecule has 1 saturated heterocycles. The van der Waals surface area contributed by atoms with Gasteiger partial charge in [-0.05, 0) is 44.5 Å². The predicted molar refractivity (Wildman–Crippen MR) is 58.1 cm³/mol. The highest BCUT2D eigenvalue weighted by Crippen LogP contribution is 2.21. The lowest BCUT2D eigenvalue weighted by atomic mass is 9.91. The van der Waals surface area contributed by atoms with Crippen molar-refractivity contribution < 1.29 is 0 Å². The number of allylic oxidation sites excluding steroid dienone is 1. The average Bonchev–Trinajstić information content (AvgIpc) is 2.15. The summed E-state index contributed by atoms with van der Waals surface area (Å²) in [6, 6.07) is 0. The molecule has 0 spiro atoms. The molecule has 0 aromatic heterocycles. The minimum atomic E-state index is 0.625. The van der Waals surface area contributed by atoms with Gasteiger partial charge < -0.3 is 4.90 Å². The molecule has 72 valence electrons. The maximum Gasteiger partial charge on any atom is 0.0296 e. The minimum Gasteiger partial charge on any atom is -0.306 e. The standard InChI is InChI=1S/C11H18N2/c1-4-12-9-10(2)11-5-7-13(3)8-6-11/h4,9,11H,1-2,5-8H2,3H3. The first-order chi connectivity index (χ1) is 6.24. The molecule has 0 atom stereocenters. The van der Waals surface area contributed by atoms with Gasteiger partial charge in [-0.1, -0.05) is 13.2 Å². The molecule has 2 heteroatoms. The summed E-state index contributed by atoms with van der Waals surface area (Å²) in [6.07, 6.45) is 5.81. The van der Waals surface area contributed by atoms with Gasteiger partial charge in [0, 0.05) is 12.4 Å². The van der Waals surface area contributed by atoms with E-state index < -0.39 is 0 Å². The van der Waals surface area contributed by atoms with Crippen molar-refractivity contribution in [1.29, 1.82) is 0 Å². The van der Waals surface area contributed by atoms with Crippen molar-refractivity contribution in [2.45, 2.75) is 12.8 Å². The van der Waals surface area contributed by atoms with Crippen LogP contribution in [0.25, 0.3) is 0 Å². The average molecular weight is 178 g/mol. The van der Waals surface area contributed by atoms with Crippen molar-refractivity contribution in [3.05, 3.63) is 24.9 Å². The van der Waals surface area contributed by atoms with Gasteiger partial charge in [0.25, 0.3) is 0 Å². The first-order valence-electron chi connectivity index (χ1n) is 4.75. The summed E-state index contributed by atoms with van der Waals surface area (Å²) in [5, 5.41) is 0. The summed E-state index contributed by atoms with van der Waals surface area (Å²) in [4.78, 5) is 6.35. The number of piperidine rings is 1. The fourth-order valence-corrected chi connectivity index (χ4v) is 1.63. The van der Waals surface area contributed by atoms with Gasteiger partial charge in [0.15, 0.2) is 0 Å². The number of nitrogens with zero attached hydrogens (tertiary/aromatic N) is 2. The Kier molecular flexibility index (Phi) is 3.90. The van der Waals surface area contributed by atoms with Crippen LogP contribution >= 0.6 is 0 Å². The first kappa shape index (κ1) is 10.2. The molecule has 0 aromatic rings. The number of hydrogen-bond acceptors (Lipinski definition) is 2. The van der Waals surface area contributed by atoms with Crippen molar-refractivity contribution in [2.24, 2.45) is 10.9 Å². The number of rotatable bonds is 3. The monoisotopic (exact) mass is 178 g/mol. The highest BCUT2D eigenvalue weighted by Gasteiger charge is 2.17. The fraction of sp³-hybridized carbons (Fsp3) is 0.545. The lowest BCUT2D eigenvalue weighted by Gasteiger charge is -2.28. The van der Waals surface area contributed by atoms with E-state index >= 15 is 0 Å². The fourth-order valence-electron chi connectivity index (χ4n) is 1.63. The molecule has 1 rings (SSSR count). The number of likely N-dealkylation sites (tertiary alicyclic amines) is 1. The van der Waals surface area contributed by atoms with E-state index in [1.165, 1.54) is 25.9 Å². The van der Waals surface area contributed by atoms with Crippen LogP contribution in [0, 0.1) is 5.92 Å². The van der Waals surface area contributed by atoms with Gasteiger partial charge in [-0.15, -0.1) is 0 Å². The molecular weight excluding hydrogens is 160 g/mol. The molecule has 0 radical (unpaired) electrons. The molecule has 0 aromatic carbocycles. The molecular formula is C11H18N2. The molecule has 0 saturated carbocycles. The van der Waals surface area contributed by atoms with E-state index in [9.17, 15) is 0 Å². The summed E-state index contributed by atoms with van der Waals surface area (Å²) in [6.45, 7) is 9.91. The van der Waals surface area contributed by atoms with Crippen LogP contribution in [0.1, 0.15) is 12.8 Å². The van der Waals surface area contributed by atoms with Crippen molar-refractivity contribution in [3.8, 4) is 0 Å². The third-order valence-electron chi connectivity index (χ3n) is 2.59. The maximum absolute atomic E-state index is 4.03. The minimum absolute atomic E-state index is 0.625. The molecule has 0 N–H and O–H groups in total. The van der Waals surface area contributed by atoms with Crippen LogP contribution in [-0.2, 0) is 0 Å². The lowest BCUT2D eigenvalue weighted by molar-refractivity contribution is 0.241. The number of hydrogen-bond donors (Lipinski definition) is 0. The topological polar surface area (TPSA) is 15.6 Å². The van der Waals surface area contributed by atoms with E-state index in [1.54, 1.807) is 6.20 Å². The molecule has 0 unspecified atom stereocenters. The summed E-state index contributed by atoms with van der Waals surface area (Å²) < 4.78 is 0. The van der Waals surface area contributed by atoms with Crippen LogP contribution in [0.5, 0.6) is 0 Å². The molecule has 1 fully saturated rings. The van der Waals surface area contributed by atoms with Crippen LogP contribution in [0.3, 0.4) is 0 Å². The highest BCUT2D eigenvalue weighted by atomic mass is 15.1. The zero-order chi connectivity index (χ0) is 9.68. The van der Waals surface area contributed by atoms with Gasteiger partial charge in [0.1, 0.15) is 0 Å². The summed E-state index contributed by atoms with van der Waals surface area (Å²) in [5.41, 5.74) is 1.15. The Morgan fingerprint density at radius 1 is 1.46 bits per heavy atom. The second-order valence-electron chi connectivity index (χ2n) is 3.61. The molecule has 13 heavy (non-hydrogen) atoms. The van der Waals surface area contributed by atoms with E-state index in [4.69, 9.17) is 0 Å². The largest absolute Gasteiger partial charge is 0.306 e. The molecule has 0 bridgehead atoms. The van der Waals surface area contributed by atoms with Gasteiger partial charge >= 0.3 is 0 Å². The summed E-state index contributed by atoms with van der Waals surface area (Å²) >= 11 is 0. The SMILES string of the molecule is C=CN=CC(=C)C1CCN(C)CC1. The Morgan fingerprint density at radius 2 is 2.08 bits per heavy atom. The van der Waals surface area contributed by atoms with E-state index in [0.717, 1.165) is 5.57 Å². The Bertz CT molecular complexity index is 210. The smallest absolute Gasteiger partial charge is 0.0296 e. The van der Waals surface area contributed by atoms with E-state index in [0.29, 0.717) is 5.92 Å². The van der Waals surface area contributed by atoms with Gasteiger partial charge in [-0.2, -0.15) is 0 Å². The molecule has 1 heterocycles. The van der Waals surface area contributed by atoms with Crippen molar-refractivity contribution in [1.82, 2.24) is 4.90 Å². The van der Waals surface area contributed by atoms with E-state index in [-0.39, 0.29) is 0 Å². The van der Waals surface area contributed by atoms with Crippen LogP contribution in [0.2, 0.25) is 0 Å². The molecule has 1 aliphatic rings. The first-order valence-corrected chi connectivity index (χ1v) is 4.75. The lowest BCUT2D eigenvalue weighted by Crippen LogP contribution is -2.30. The zero-order valence-corrected chi connectivity index (χ0v) is 8.37. The molecule has 2 nitrogen and oxygen atoms in total. The predicted octanol–water partition coefficient (Wildman–Crippen LogP) is 2.10. The Labute approximate surface area is 80.7 Å². The summed E-state index contributed by atoms with van der Waals surface area (Å²) in [7, 11) is 2.16. The molecule has 0 aliphatic carbocycles. The quantitative estimate of drug-likeness (QED) is 0.604. The Morgan fingerprint density at radius 3 is 2.62 bits per heavy atom. The Balaban J connectivity index is 2.40. The van der Waals surface area contributed by atoms with Crippen LogP contribution in [-0.4, -0.2) is 31.3 Å².